The summed E-state index contributed by atoms with van der Waals surface area (Å²) in [5, 5.41) is 8.89. The second kappa shape index (κ2) is 3.41. The van der Waals surface area contributed by atoms with Crippen molar-refractivity contribution in [1.82, 2.24) is 0 Å². The third-order valence-electron chi connectivity index (χ3n) is 2.56. The maximum absolute atomic E-state index is 10.8. The summed E-state index contributed by atoms with van der Waals surface area (Å²) >= 11 is 0. The lowest BCUT2D eigenvalue weighted by Crippen LogP contribution is -2.59. The van der Waals surface area contributed by atoms with Crippen molar-refractivity contribution in [1.29, 1.82) is 0 Å². The van der Waals surface area contributed by atoms with Crippen LogP contribution in [0.2, 0.25) is 0 Å². The van der Waals surface area contributed by atoms with Gasteiger partial charge in [0, 0.05) is 7.11 Å². The molecule has 0 aromatic rings. The van der Waals surface area contributed by atoms with Crippen molar-refractivity contribution in [2.45, 2.75) is 37.3 Å². The van der Waals surface area contributed by atoms with Crippen LogP contribution in [0, 0.1) is 0 Å². The number of carbonyl (C=O) groups is 1. The number of methoxy groups -OCH3 is 1. The lowest BCUT2D eigenvalue weighted by molar-refractivity contribution is -0.151. The van der Waals surface area contributed by atoms with Gasteiger partial charge < -0.3 is 15.6 Å². The zero-order chi connectivity index (χ0) is 9.19. The molecule has 0 spiro atoms. The van der Waals surface area contributed by atoms with E-state index in [-0.39, 0.29) is 6.10 Å². The summed E-state index contributed by atoms with van der Waals surface area (Å²) in [5.74, 6) is -0.950. The Hall–Kier alpha value is -0.610. The number of rotatable bonds is 2. The van der Waals surface area contributed by atoms with Crippen molar-refractivity contribution in [2.75, 3.05) is 7.11 Å². The van der Waals surface area contributed by atoms with Gasteiger partial charge in [-0.3, -0.25) is 4.79 Å². The number of aliphatic carboxylic acids is 1. The van der Waals surface area contributed by atoms with E-state index in [0.717, 1.165) is 19.3 Å². The van der Waals surface area contributed by atoms with E-state index in [4.69, 9.17) is 15.6 Å². The molecule has 1 aliphatic carbocycles. The monoisotopic (exact) mass is 173 g/mol. The van der Waals surface area contributed by atoms with E-state index in [9.17, 15) is 4.79 Å². The van der Waals surface area contributed by atoms with Crippen LogP contribution in [0.5, 0.6) is 0 Å². The van der Waals surface area contributed by atoms with Gasteiger partial charge in [-0.05, 0) is 12.8 Å². The Labute approximate surface area is 71.7 Å². The molecule has 3 N–H and O–H groups in total. The van der Waals surface area contributed by atoms with Crippen molar-refractivity contribution in [3.63, 3.8) is 0 Å². The zero-order valence-corrected chi connectivity index (χ0v) is 7.25. The molecule has 0 radical (unpaired) electrons. The van der Waals surface area contributed by atoms with Gasteiger partial charge >= 0.3 is 5.97 Å². The first-order valence-electron chi connectivity index (χ1n) is 4.16. The van der Waals surface area contributed by atoms with Crippen LogP contribution < -0.4 is 5.73 Å². The molecule has 4 heteroatoms. The average molecular weight is 173 g/mol. The van der Waals surface area contributed by atoms with Gasteiger partial charge in [0.1, 0.15) is 5.54 Å². The molecule has 1 saturated carbocycles. The van der Waals surface area contributed by atoms with Crippen LogP contribution in [0.3, 0.4) is 0 Å². The molecule has 12 heavy (non-hydrogen) atoms. The minimum absolute atomic E-state index is 0.330. The van der Waals surface area contributed by atoms with Gasteiger partial charge in [0.25, 0.3) is 0 Å². The Morgan fingerprint density at radius 2 is 2.33 bits per heavy atom. The lowest BCUT2D eigenvalue weighted by Gasteiger charge is -2.36. The number of carboxylic acids is 1. The topological polar surface area (TPSA) is 72.5 Å². The fraction of sp³-hybridized carbons (Fsp3) is 0.875. The number of hydrogen-bond donors (Lipinski definition) is 2. The van der Waals surface area contributed by atoms with Crippen LogP contribution in [0.25, 0.3) is 0 Å². The van der Waals surface area contributed by atoms with Gasteiger partial charge in [-0.15, -0.1) is 0 Å². The van der Waals surface area contributed by atoms with E-state index in [1.165, 1.54) is 7.11 Å². The number of hydrogen-bond acceptors (Lipinski definition) is 3. The maximum Gasteiger partial charge on any atom is 0.326 e. The van der Waals surface area contributed by atoms with Crippen molar-refractivity contribution in [3.05, 3.63) is 0 Å². The quantitative estimate of drug-likeness (QED) is 0.632. The molecular formula is C8H15NO3. The second-order valence-corrected chi connectivity index (χ2v) is 3.32. The van der Waals surface area contributed by atoms with Gasteiger partial charge in [0.15, 0.2) is 0 Å². The third kappa shape index (κ3) is 1.44. The van der Waals surface area contributed by atoms with E-state index in [0.29, 0.717) is 6.42 Å². The average Bonchev–Trinajstić information content (AvgIpc) is 2.05. The largest absolute Gasteiger partial charge is 0.480 e. The Morgan fingerprint density at radius 3 is 2.75 bits per heavy atom. The van der Waals surface area contributed by atoms with Gasteiger partial charge in [0.05, 0.1) is 6.10 Å². The van der Waals surface area contributed by atoms with Crippen molar-refractivity contribution in [3.8, 4) is 0 Å². The normalized spacial score (nSPS) is 36.3. The summed E-state index contributed by atoms with van der Waals surface area (Å²) in [4.78, 5) is 10.8. The smallest absolute Gasteiger partial charge is 0.326 e. The Kier molecular flexibility index (Phi) is 2.69. The van der Waals surface area contributed by atoms with Crippen molar-refractivity contribution < 1.29 is 14.6 Å². The van der Waals surface area contributed by atoms with Gasteiger partial charge in [-0.25, -0.2) is 0 Å². The Morgan fingerprint density at radius 1 is 1.67 bits per heavy atom. The van der Waals surface area contributed by atoms with E-state index in [1.807, 2.05) is 0 Å². The molecule has 1 fully saturated rings. The minimum atomic E-state index is -1.16. The van der Waals surface area contributed by atoms with Gasteiger partial charge in [0.2, 0.25) is 0 Å². The molecule has 0 bridgehead atoms. The molecular weight excluding hydrogens is 158 g/mol. The fourth-order valence-electron chi connectivity index (χ4n) is 1.74. The number of ether oxygens (including phenoxy) is 1. The van der Waals surface area contributed by atoms with E-state index in [1.54, 1.807) is 0 Å². The standard InChI is InChI=1S/C8H15NO3/c1-12-6-4-2-3-5-8(6,9)7(10)11/h6H,2-5,9H2,1H3,(H,10,11). The number of carboxylic acid groups (broad SMARTS) is 1. The molecule has 2 unspecified atom stereocenters. The minimum Gasteiger partial charge on any atom is -0.480 e. The molecule has 0 aromatic heterocycles. The lowest BCUT2D eigenvalue weighted by atomic mass is 9.80. The van der Waals surface area contributed by atoms with Crippen LogP contribution in [0.15, 0.2) is 0 Å². The van der Waals surface area contributed by atoms with Gasteiger partial charge in [-0.2, -0.15) is 0 Å². The molecule has 0 aromatic carbocycles. The second-order valence-electron chi connectivity index (χ2n) is 3.32. The predicted octanol–water partition coefficient (Wildman–Crippen LogP) is 0.357. The summed E-state index contributed by atoms with van der Waals surface area (Å²) in [6.07, 6.45) is 2.82. The highest BCUT2D eigenvalue weighted by Gasteiger charge is 2.44. The summed E-state index contributed by atoms with van der Waals surface area (Å²) < 4.78 is 5.06. The molecule has 2 atom stereocenters. The summed E-state index contributed by atoms with van der Waals surface area (Å²) in [7, 11) is 1.51. The molecule has 0 aliphatic heterocycles. The first-order chi connectivity index (χ1) is 5.61. The SMILES string of the molecule is COC1CCCCC1(N)C(=O)O. The Balaban J connectivity index is 2.75. The highest BCUT2D eigenvalue weighted by atomic mass is 16.5. The van der Waals surface area contributed by atoms with Crippen LogP contribution >= 0.6 is 0 Å². The summed E-state index contributed by atoms with van der Waals surface area (Å²) in [6.45, 7) is 0. The fourth-order valence-corrected chi connectivity index (χ4v) is 1.74. The molecule has 0 amide bonds. The first kappa shape index (κ1) is 9.48. The molecule has 4 nitrogen and oxygen atoms in total. The molecule has 1 aliphatic rings. The molecule has 0 heterocycles. The molecule has 70 valence electrons. The highest BCUT2D eigenvalue weighted by Crippen LogP contribution is 2.28. The van der Waals surface area contributed by atoms with E-state index < -0.39 is 11.5 Å². The Bertz CT molecular complexity index is 183. The highest BCUT2D eigenvalue weighted by molar-refractivity contribution is 5.79. The summed E-state index contributed by atoms with van der Waals surface area (Å²) in [6, 6.07) is 0. The number of nitrogens with two attached hydrogens (primary N) is 1. The van der Waals surface area contributed by atoms with E-state index in [2.05, 4.69) is 0 Å². The van der Waals surface area contributed by atoms with Crippen LogP contribution in [-0.2, 0) is 9.53 Å². The first-order valence-corrected chi connectivity index (χ1v) is 4.16. The van der Waals surface area contributed by atoms with Crippen LogP contribution in [-0.4, -0.2) is 29.8 Å². The van der Waals surface area contributed by atoms with Crippen LogP contribution in [0.1, 0.15) is 25.7 Å². The van der Waals surface area contributed by atoms with E-state index >= 15 is 0 Å². The van der Waals surface area contributed by atoms with Gasteiger partial charge in [-0.1, -0.05) is 12.8 Å². The van der Waals surface area contributed by atoms with Crippen molar-refractivity contribution in [2.24, 2.45) is 5.73 Å². The maximum atomic E-state index is 10.8. The molecule has 1 rings (SSSR count). The molecule has 0 saturated heterocycles. The third-order valence-corrected chi connectivity index (χ3v) is 2.56. The van der Waals surface area contributed by atoms with Crippen LogP contribution in [0.4, 0.5) is 0 Å². The van der Waals surface area contributed by atoms with Crippen molar-refractivity contribution >= 4 is 5.97 Å². The zero-order valence-electron chi connectivity index (χ0n) is 7.25. The predicted molar refractivity (Wildman–Crippen MR) is 43.8 cm³/mol. The summed E-state index contributed by atoms with van der Waals surface area (Å²) in [5.41, 5.74) is 4.57.